The van der Waals surface area contributed by atoms with E-state index in [0.717, 1.165) is 29.9 Å². The van der Waals surface area contributed by atoms with Crippen LogP contribution in [0.25, 0.3) is 0 Å². The number of hydrogen-bond donors (Lipinski definition) is 1. The third-order valence-electron chi connectivity index (χ3n) is 3.37. The molecule has 0 amide bonds. The van der Waals surface area contributed by atoms with Crippen molar-refractivity contribution in [2.24, 2.45) is 5.73 Å². The molecule has 1 aliphatic rings. The van der Waals surface area contributed by atoms with Gasteiger partial charge >= 0.3 is 0 Å². The molecular formula is C15H13Cl2NO. The van der Waals surface area contributed by atoms with Crippen molar-refractivity contribution in [1.29, 1.82) is 0 Å². The molecule has 0 saturated heterocycles. The molecule has 2 aromatic carbocycles. The Balaban J connectivity index is 1.97. The number of fused-ring (bicyclic) bond motifs is 1. The summed E-state index contributed by atoms with van der Waals surface area (Å²) in [5.74, 6) is 0.957. The van der Waals surface area contributed by atoms with E-state index in [9.17, 15) is 0 Å². The summed E-state index contributed by atoms with van der Waals surface area (Å²) in [6.45, 7) is 0.746. The second-order valence-corrected chi connectivity index (χ2v) is 5.45. The fourth-order valence-electron chi connectivity index (χ4n) is 2.33. The maximum atomic E-state index is 6.29. The molecule has 0 spiro atoms. The molecule has 19 heavy (non-hydrogen) atoms. The van der Waals surface area contributed by atoms with Gasteiger partial charge in [-0.15, -0.1) is 0 Å². The van der Waals surface area contributed by atoms with Crippen molar-refractivity contribution in [2.75, 3.05) is 6.61 Å². The lowest BCUT2D eigenvalue weighted by Crippen LogP contribution is -2.12. The lowest BCUT2D eigenvalue weighted by atomic mass is 9.97. The Kier molecular flexibility index (Phi) is 3.40. The van der Waals surface area contributed by atoms with E-state index < -0.39 is 0 Å². The smallest absolute Gasteiger partial charge is 0.122 e. The average molecular weight is 294 g/mol. The Morgan fingerprint density at radius 3 is 2.74 bits per heavy atom. The maximum absolute atomic E-state index is 6.29. The van der Waals surface area contributed by atoms with Crippen LogP contribution in [0, 0.1) is 0 Å². The summed E-state index contributed by atoms with van der Waals surface area (Å²) in [5.41, 5.74) is 9.41. The van der Waals surface area contributed by atoms with Crippen LogP contribution in [0.3, 0.4) is 0 Å². The Morgan fingerprint density at radius 2 is 1.95 bits per heavy atom. The van der Waals surface area contributed by atoms with Gasteiger partial charge in [-0.2, -0.15) is 0 Å². The lowest BCUT2D eigenvalue weighted by molar-refractivity contribution is 0.357. The van der Waals surface area contributed by atoms with Crippen LogP contribution in [-0.4, -0.2) is 6.61 Å². The summed E-state index contributed by atoms with van der Waals surface area (Å²) in [6.07, 6.45) is 0.935. The van der Waals surface area contributed by atoms with Crippen LogP contribution in [0.5, 0.6) is 5.75 Å². The highest BCUT2D eigenvalue weighted by molar-refractivity contribution is 6.35. The van der Waals surface area contributed by atoms with Crippen LogP contribution in [0.1, 0.15) is 22.7 Å². The molecule has 0 saturated carbocycles. The number of nitrogens with two attached hydrogens (primary N) is 1. The van der Waals surface area contributed by atoms with Gasteiger partial charge in [0.25, 0.3) is 0 Å². The lowest BCUT2D eigenvalue weighted by Gasteiger charge is -2.15. The molecule has 3 rings (SSSR count). The minimum atomic E-state index is -0.254. The fraction of sp³-hybridized carbons (Fsp3) is 0.200. The molecule has 0 aliphatic carbocycles. The summed E-state index contributed by atoms with van der Waals surface area (Å²) in [7, 11) is 0. The second-order valence-electron chi connectivity index (χ2n) is 4.61. The number of rotatable bonds is 2. The topological polar surface area (TPSA) is 35.2 Å². The van der Waals surface area contributed by atoms with Gasteiger partial charge in [0.1, 0.15) is 5.75 Å². The second kappa shape index (κ2) is 5.04. The molecule has 0 bridgehead atoms. The van der Waals surface area contributed by atoms with Crippen molar-refractivity contribution in [3.05, 3.63) is 63.1 Å². The van der Waals surface area contributed by atoms with Crippen LogP contribution in [-0.2, 0) is 6.42 Å². The first-order chi connectivity index (χ1) is 9.15. The third-order valence-corrected chi connectivity index (χ3v) is 3.93. The molecule has 1 aliphatic heterocycles. The molecule has 1 atom stereocenters. The molecule has 0 aromatic heterocycles. The van der Waals surface area contributed by atoms with E-state index in [2.05, 4.69) is 6.07 Å². The highest BCUT2D eigenvalue weighted by Crippen LogP contribution is 2.32. The van der Waals surface area contributed by atoms with E-state index in [1.165, 1.54) is 5.56 Å². The van der Waals surface area contributed by atoms with Gasteiger partial charge in [-0.1, -0.05) is 41.4 Å². The molecular weight excluding hydrogens is 281 g/mol. The summed E-state index contributed by atoms with van der Waals surface area (Å²) in [6, 6.07) is 11.2. The zero-order valence-corrected chi connectivity index (χ0v) is 11.7. The normalized spacial score (nSPS) is 14.9. The van der Waals surface area contributed by atoms with Gasteiger partial charge in [-0.25, -0.2) is 0 Å². The van der Waals surface area contributed by atoms with Gasteiger partial charge in [0, 0.05) is 16.5 Å². The van der Waals surface area contributed by atoms with E-state index in [1.54, 1.807) is 12.1 Å². The van der Waals surface area contributed by atoms with E-state index in [1.807, 2.05) is 18.2 Å². The minimum absolute atomic E-state index is 0.254. The van der Waals surface area contributed by atoms with E-state index in [0.29, 0.717) is 10.0 Å². The van der Waals surface area contributed by atoms with Gasteiger partial charge in [-0.3, -0.25) is 0 Å². The molecule has 98 valence electrons. The Labute approximate surface area is 122 Å². The Morgan fingerprint density at radius 1 is 1.11 bits per heavy atom. The van der Waals surface area contributed by atoms with Crippen LogP contribution < -0.4 is 10.5 Å². The molecule has 1 heterocycles. The molecule has 4 heteroatoms. The monoisotopic (exact) mass is 293 g/mol. The molecule has 2 aromatic rings. The number of ether oxygens (including phenoxy) is 1. The number of benzene rings is 2. The maximum Gasteiger partial charge on any atom is 0.122 e. The predicted octanol–water partition coefficient (Wildman–Crippen LogP) is 3.98. The van der Waals surface area contributed by atoms with Crippen molar-refractivity contribution in [1.82, 2.24) is 0 Å². The van der Waals surface area contributed by atoms with Crippen LogP contribution in [0.15, 0.2) is 36.4 Å². The highest BCUT2D eigenvalue weighted by atomic mass is 35.5. The molecule has 2 N–H and O–H groups in total. The van der Waals surface area contributed by atoms with Gasteiger partial charge < -0.3 is 10.5 Å². The number of halogens is 2. The SMILES string of the molecule is NC(c1ccc2c(c1)CCO2)c1ccc(Cl)cc1Cl. The zero-order chi connectivity index (χ0) is 13.4. The first-order valence-electron chi connectivity index (χ1n) is 6.11. The van der Waals surface area contributed by atoms with Crippen LogP contribution in [0.4, 0.5) is 0 Å². The third kappa shape index (κ3) is 2.44. The first kappa shape index (κ1) is 12.8. The predicted molar refractivity (Wildman–Crippen MR) is 78.1 cm³/mol. The summed E-state index contributed by atoms with van der Waals surface area (Å²) in [5, 5.41) is 1.21. The first-order valence-corrected chi connectivity index (χ1v) is 6.87. The quantitative estimate of drug-likeness (QED) is 0.909. The summed E-state index contributed by atoms with van der Waals surface area (Å²) in [4.78, 5) is 0. The van der Waals surface area contributed by atoms with Gasteiger partial charge in [0.15, 0.2) is 0 Å². The molecule has 1 unspecified atom stereocenters. The zero-order valence-electron chi connectivity index (χ0n) is 10.2. The van der Waals surface area contributed by atoms with Gasteiger partial charge in [-0.05, 0) is 34.9 Å². The van der Waals surface area contributed by atoms with Crippen molar-refractivity contribution in [2.45, 2.75) is 12.5 Å². The largest absolute Gasteiger partial charge is 0.493 e. The Hall–Kier alpha value is -1.22. The van der Waals surface area contributed by atoms with E-state index in [4.69, 9.17) is 33.7 Å². The van der Waals surface area contributed by atoms with Gasteiger partial charge in [0.2, 0.25) is 0 Å². The fourth-order valence-corrected chi connectivity index (χ4v) is 2.86. The summed E-state index contributed by atoms with van der Waals surface area (Å²) >= 11 is 12.1. The highest BCUT2D eigenvalue weighted by Gasteiger charge is 2.17. The van der Waals surface area contributed by atoms with Crippen molar-refractivity contribution < 1.29 is 4.74 Å². The van der Waals surface area contributed by atoms with E-state index in [-0.39, 0.29) is 6.04 Å². The van der Waals surface area contributed by atoms with Crippen molar-refractivity contribution >= 4 is 23.2 Å². The Bertz CT molecular complexity index is 628. The molecule has 2 nitrogen and oxygen atoms in total. The van der Waals surface area contributed by atoms with Crippen LogP contribution >= 0.6 is 23.2 Å². The summed E-state index contributed by atoms with van der Waals surface area (Å²) < 4.78 is 5.49. The molecule has 0 fully saturated rings. The van der Waals surface area contributed by atoms with Crippen molar-refractivity contribution in [3.63, 3.8) is 0 Å². The standard InChI is InChI=1S/C15H13Cl2NO/c16-11-2-3-12(13(17)8-11)15(18)10-1-4-14-9(7-10)5-6-19-14/h1-4,7-8,15H,5-6,18H2. The average Bonchev–Trinajstić information content (AvgIpc) is 2.85. The van der Waals surface area contributed by atoms with Gasteiger partial charge in [0.05, 0.1) is 12.6 Å². The minimum Gasteiger partial charge on any atom is -0.493 e. The van der Waals surface area contributed by atoms with E-state index >= 15 is 0 Å². The van der Waals surface area contributed by atoms with Crippen molar-refractivity contribution in [3.8, 4) is 5.75 Å². The molecule has 0 radical (unpaired) electrons. The number of hydrogen-bond acceptors (Lipinski definition) is 2. The van der Waals surface area contributed by atoms with Crippen LogP contribution in [0.2, 0.25) is 10.0 Å².